The average Bonchev–Trinajstić information content (AvgIpc) is 2.73. The maximum Gasteiger partial charge on any atom is 1.00 e. The van der Waals surface area contributed by atoms with Gasteiger partial charge in [-0.15, -0.1) is 0 Å². The van der Waals surface area contributed by atoms with Crippen molar-refractivity contribution >= 4 is 33.5 Å². The fourth-order valence-corrected chi connectivity index (χ4v) is 2.98. The average molecular weight is 452 g/mol. The maximum atomic E-state index is 11.6. The second-order valence-corrected chi connectivity index (χ2v) is 6.25. The van der Waals surface area contributed by atoms with E-state index in [1.165, 1.54) is 12.1 Å². The van der Waals surface area contributed by atoms with E-state index in [2.05, 4.69) is 0 Å². The van der Waals surface area contributed by atoms with Crippen LogP contribution in [0.1, 0.15) is 20.7 Å². The van der Waals surface area contributed by atoms with Gasteiger partial charge in [-0.2, -0.15) is 0 Å². The molecule has 0 unspecified atom stereocenters. The Bertz CT molecular complexity index is 1200. The molecule has 0 fully saturated rings. The van der Waals surface area contributed by atoms with Crippen LogP contribution in [0.25, 0.3) is 21.5 Å². The van der Waals surface area contributed by atoms with Crippen molar-refractivity contribution in [3.63, 3.8) is 0 Å². The second kappa shape index (κ2) is 11.4. The van der Waals surface area contributed by atoms with Gasteiger partial charge in [-0.3, -0.25) is 0 Å². The van der Waals surface area contributed by atoms with Gasteiger partial charge in [0.1, 0.15) is 11.5 Å². The molecule has 0 aliphatic rings. The smallest absolute Gasteiger partial charge is 0.871 e. The Hall–Kier alpha value is -2.46. The van der Waals surface area contributed by atoms with Crippen LogP contribution in [-0.4, -0.2) is 32.4 Å². The number of carboxylic acid groups (broad SMARTS) is 2. The monoisotopic (exact) mass is 452 g/mol. The Morgan fingerprint density at radius 2 is 0.875 bits per heavy atom. The summed E-state index contributed by atoms with van der Waals surface area (Å²) in [6, 6.07) is 14.6. The molecule has 0 atom stereocenters. The van der Waals surface area contributed by atoms with Crippen LogP contribution in [0.4, 0.5) is 0 Å². The molecule has 0 saturated carbocycles. The van der Waals surface area contributed by atoms with Crippen molar-refractivity contribution in [2.45, 2.75) is 0 Å². The molecule has 0 amide bonds. The number of aromatic hydroxyl groups is 2. The van der Waals surface area contributed by atoms with E-state index < -0.39 is 34.6 Å². The molecule has 0 radical (unpaired) electrons. The molecule has 152 valence electrons. The summed E-state index contributed by atoms with van der Waals surface area (Å²) in [6.45, 7) is 0. The van der Waals surface area contributed by atoms with E-state index in [1.807, 2.05) is 0 Å². The van der Waals surface area contributed by atoms with Crippen molar-refractivity contribution in [2.75, 3.05) is 0 Å². The van der Waals surface area contributed by atoms with Crippen LogP contribution < -0.4 is 69.3 Å². The Morgan fingerprint density at radius 3 is 1.16 bits per heavy atom. The second-order valence-electron chi connectivity index (χ2n) is 6.25. The van der Waals surface area contributed by atoms with E-state index in [0.29, 0.717) is 10.8 Å². The minimum atomic E-state index is -1.33. The largest absolute Gasteiger partial charge is 1.00 e. The first-order valence-corrected chi connectivity index (χ1v) is 8.52. The number of hydrogen-bond donors (Lipinski definition) is 4. The van der Waals surface area contributed by atoms with E-state index in [1.54, 1.807) is 36.4 Å². The Labute approximate surface area is 226 Å². The number of fused-ring (bicyclic) bond motifs is 2. The van der Waals surface area contributed by atoms with Crippen molar-refractivity contribution in [3.05, 3.63) is 71.8 Å². The number of aromatic carboxylic acids is 2. The van der Waals surface area contributed by atoms with Crippen molar-refractivity contribution in [1.82, 2.24) is 0 Å². The van der Waals surface area contributed by atoms with Crippen LogP contribution in [-0.2, 0) is 0 Å². The molecule has 0 saturated heterocycles. The van der Waals surface area contributed by atoms with E-state index in [0.717, 1.165) is 12.1 Å². The van der Waals surface area contributed by atoms with Crippen LogP contribution in [0.3, 0.4) is 0 Å². The maximum absolute atomic E-state index is 11.6. The molecule has 0 bridgehead atoms. The molecule has 4 N–H and O–H groups in total. The summed E-state index contributed by atoms with van der Waals surface area (Å²) in [5, 5.41) is 61.0. The molecule has 4 rings (SSSR count). The summed E-state index contributed by atoms with van der Waals surface area (Å²) >= 11 is 0. The quantitative estimate of drug-likeness (QED) is 0.229. The minimum Gasteiger partial charge on any atom is -0.871 e. The third kappa shape index (κ3) is 5.47. The molecule has 8 nitrogen and oxygen atoms in total. The standard InChI is InChI=1S/2C11H8O4.2Na/c2*12-9-5-8(11(14)15)10(13)7-4-2-1-3-6(7)9;;/h2*1-5,12-13H,(H,14,15);;/q;;2*+1/p-2. The zero-order valence-corrected chi connectivity index (χ0v) is 21.2. The van der Waals surface area contributed by atoms with Crippen molar-refractivity contribution in [3.8, 4) is 23.0 Å². The molecular formula is C22H14Na2O8. The van der Waals surface area contributed by atoms with Gasteiger partial charge in [-0.05, 0) is 22.9 Å². The van der Waals surface area contributed by atoms with Crippen molar-refractivity contribution < 1.29 is 99.3 Å². The number of rotatable bonds is 2. The van der Waals surface area contributed by atoms with Gasteiger partial charge in [0, 0.05) is 10.8 Å². The van der Waals surface area contributed by atoms with Gasteiger partial charge >= 0.3 is 71.1 Å². The van der Waals surface area contributed by atoms with E-state index >= 15 is 0 Å². The van der Waals surface area contributed by atoms with Gasteiger partial charge in [0.15, 0.2) is 0 Å². The number of phenolic OH excluding ortho intramolecular Hbond substituents is 2. The van der Waals surface area contributed by atoms with Crippen LogP contribution >= 0.6 is 0 Å². The summed E-state index contributed by atoms with van der Waals surface area (Å²) in [4.78, 5) is 21.4. The molecule has 0 aromatic heterocycles. The fraction of sp³-hybridized carbons (Fsp3) is 0. The molecule has 4 aromatic rings. The normalized spacial score (nSPS) is 9.75. The summed E-state index contributed by atoms with van der Waals surface area (Å²) < 4.78 is 0. The molecule has 0 spiro atoms. The molecule has 0 aliphatic carbocycles. The number of benzene rings is 4. The zero-order valence-electron chi connectivity index (χ0n) is 17.2. The van der Waals surface area contributed by atoms with Crippen LogP contribution in [0.2, 0.25) is 0 Å². The summed E-state index contributed by atoms with van der Waals surface area (Å²) in [6.07, 6.45) is 0. The third-order valence-corrected chi connectivity index (χ3v) is 4.41. The number of hydrogen-bond acceptors (Lipinski definition) is 6. The minimum absolute atomic E-state index is 0. The van der Waals surface area contributed by atoms with Crippen LogP contribution in [0.5, 0.6) is 23.0 Å². The van der Waals surface area contributed by atoms with Gasteiger partial charge in [0.25, 0.3) is 0 Å². The first-order valence-electron chi connectivity index (χ1n) is 8.52. The molecular weight excluding hydrogens is 438 g/mol. The number of phenols is 2. The van der Waals surface area contributed by atoms with Crippen LogP contribution in [0.15, 0.2) is 60.7 Å². The third-order valence-electron chi connectivity index (χ3n) is 4.41. The van der Waals surface area contributed by atoms with E-state index in [-0.39, 0.29) is 81.4 Å². The van der Waals surface area contributed by atoms with E-state index in [9.17, 15) is 30.0 Å². The Balaban J connectivity index is 0.000000301. The van der Waals surface area contributed by atoms with E-state index in [4.69, 9.17) is 10.2 Å². The van der Waals surface area contributed by atoms with Gasteiger partial charge in [0.2, 0.25) is 0 Å². The SMILES string of the molecule is O=C(O)c1cc(O)c2ccccc2c1[O-].O=C(O)c1cc(O)c2ccccc2c1[O-].[Na+].[Na+]. The summed E-state index contributed by atoms with van der Waals surface area (Å²) in [5.74, 6) is -4.20. The molecule has 0 aliphatic heterocycles. The first kappa shape index (κ1) is 27.6. The fourth-order valence-electron chi connectivity index (χ4n) is 2.98. The Morgan fingerprint density at radius 1 is 0.594 bits per heavy atom. The predicted octanol–water partition coefficient (Wildman–Crippen LogP) is -3.36. The van der Waals surface area contributed by atoms with Gasteiger partial charge < -0.3 is 30.6 Å². The summed E-state index contributed by atoms with van der Waals surface area (Å²) in [7, 11) is 0. The topological polar surface area (TPSA) is 161 Å². The first-order chi connectivity index (χ1) is 14.2. The summed E-state index contributed by atoms with van der Waals surface area (Å²) in [5.41, 5.74) is -0.822. The molecule has 32 heavy (non-hydrogen) atoms. The predicted molar refractivity (Wildman–Crippen MR) is 104 cm³/mol. The van der Waals surface area contributed by atoms with Crippen molar-refractivity contribution in [2.24, 2.45) is 0 Å². The molecule has 10 heteroatoms. The van der Waals surface area contributed by atoms with Crippen molar-refractivity contribution in [1.29, 1.82) is 0 Å². The molecule has 0 heterocycles. The van der Waals surface area contributed by atoms with Gasteiger partial charge in [0.05, 0.1) is 11.1 Å². The Kier molecular flexibility index (Phi) is 9.84. The van der Waals surface area contributed by atoms with Gasteiger partial charge in [-0.1, -0.05) is 60.0 Å². The van der Waals surface area contributed by atoms with Gasteiger partial charge in [-0.25, -0.2) is 9.59 Å². The van der Waals surface area contributed by atoms with Crippen LogP contribution in [0, 0.1) is 0 Å². The zero-order chi connectivity index (χ0) is 22.0. The number of carboxylic acids is 2. The number of carbonyl (C=O) groups is 2. The molecule has 4 aromatic carbocycles.